The van der Waals surface area contributed by atoms with Crippen molar-refractivity contribution >= 4 is 17.5 Å². The van der Waals surface area contributed by atoms with Gasteiger partial charge in [0.05, 0.1) is 6.61 Å². The Kier molecular flexibility index (Phi) is 7.02. The van der Waals surface area contributed by atoms with Crippen molar-refractivity contribution in [2.45, 2.75) is 32.2 Å². The zero-order valence-electron chi connectivity index (χ0n) is 17.8. The SMILES string of the molecule is O=C(CCCOc1ccc2c(c1)CCC(=O)N2)NCc1ccc(Oc2ccccc2)cc1. The summed E-state index contributed by atoms with van der Waals surface area (Å²) >= 11 is 0. The summed E-state index contributed by atoms with van der Waals surface area (Å²) in [6, 6.07) is 23.0. The molecule has 2 N–H and O–H groups in total. The van der Waals surface area contributed by atoms with E-state index in [1.165, 1.54) is 0 Å². The summed E-state index contributed by atoms with van der Waals surface area (Å²) in [5.74, 6) is 2.35. The largest absolute Gasteiger partial charge is 0.494 e. The van der Waals surface area contributed by atoms with Crippen molar-refractivity contribution in [2.24, 2.45) is 0 Å². The fraction of sp³-hybridized carbons (Fsp3) is 0.231. The molecule has 0 fully saturated rings. The lowest BCUT2D eigenvalue weighted by Crippen LogP contribution is -2.23. The molecule has 0 aliphatic carbocycles. The van der Waals surface area contributed by atoms with Crippen LogP contribution in [-0.2, 0) is 22.6 Å². The van der Waals surface area contributed by atoms with Gasteiger partial charge in [0, 0.05) is 25.1 Å². The minimum atomic E-state index is -0.00799. The molecule has 0 atom stereocenters. The predicted octanol–water partition coefficient (Wildman–Crippen LogP) is 4.84. The van der Waals surface area contributed by atoms with E-state index in [2.05, 4.69) is 10.6 Å². The molecule has 1 aliphatic heterocycles. The molecule has 3 aromatic rings. The van der Waals surface area contributed by atoms with E-state index in [0.717, 1.165) is 40.5 Å². The van der Waals surface area contributed by atoms with Gasteiger partial charge in [-0.05, 0) is 66.4 Å². The Morgan fingerprint density at radius 1 is 0.906 bits per heavy atom. The van der Waals surface area contributed by atoms with Crippen molar-refractivity contribution in [2.75, 3.05) is 11.9 Å². The molecule has 6 heteroatoms. The quantitative estimate of drug-likeness (QED) is 0.476. The lowest BCUT2D eigenvalue weighted by molar-refractivity contribution is -0.121. The number of hydrogen-bond acceptors (Lipinski definition) is 4. The Hall–Kier alpha value is -3.80. The van der Waals surface area contributed by atoms with Gasteiger partial charge in [0.1, 0.15) is 17.2 Å². The second-order valence-corrected chi connectivity index (χ2v) is 7.65. The number of carbonyl (C=O) groups excluding carboxylic acids is 2. The summed E-state index contributed by atoms with van der Waals surface area (Å²) < 4.78 is 11.5. The Bertz CT molecular complexity index is 1060. The third-order valence-corrected chi connectivity index (χ3v) is 5.18. The molecular formula is C26H26N2O4. The molecule has 0 radical (unpaired) electrons. The van der Waals surface area contributed by atoms with Gasteiger partial charge in [-0.15, -0.1) is 0 Å². The summed E-state index contributed by atoms with van der Waals surface area (Å²) in [6.45, 7) is 0.936. The molecule has 1 aliphatic rings. The van der Waals surface area contributed by atoms with Gasteiger partial charge in [0.2, 0.25) is 11.8 Å². The molecule has 0 bridgehead atoms. The number of ether oxygens (including phenoxy) is 2. The zero-order valence-corrected chi connectivity index (χ0v) is 17.8. The number of hydrogen-bond donors (Lipinski definition) is 2. The fourth-order valence-corrected chi connectivity index (χ4v) is 3.46. The van der Waals surface area contributed by atoms with Gasteiger partial charge in [0.15, 0.2) is 0 Å². The molecule has 0 aromatic heterocycles. The first kappa shape index (κ1) is 21.4. The number of benzene rings is 3. The van der Waals surface area contributed by atoms with E-state index in [9.17, 15) is 9.59 Å². The molecule has 0 saturated heterocycles. The van der Waals surface area contributed by atoms with Crippen LogP contribution in [0.25, 0.3) is 0 Å². The second kappa shape index (κ2) is 10.5. The average molecular weight is 431 g/mol. The van der Waals surface area contributed by atoms with Crippen LogP contribution in [0, 0.1) is 0 Å². The highest BCUT2D eigenvalue weighted by atomic mass is 16.5. The van der Waals surface area contributed by atoms with Crippen molar-refractivity contribution in [1.29, 1.82) is 0 Å². The molecule has 0 unspecified atom stereocenters. The minimum Gasteiger partial charge on any atom is -0.494 e. The highest BCUT2D eigenvalue weighted by Gasteiger charge is 2.15. The molecule has 32 heavy (non-hydrogen) atoms. The number of carbonyl (C=O) groups is 2. The third-order valence-electron chi connectivity index (χ3n) is 5.18. The van der Waals surface area contributed by atoms with Crippen LogP contribution in [0.2, 0.25) is 0 Å². The first-order valence-electron chi connectivity index (χ1n) is 10.8. The summed E-state index contributed by atoms with van der Waals surface area (Å²) in [5, 5.41) is 5.79. The number of para-hydroxylation sites is 1. The maximum absolute atomic E-state index is 12.1. The van der Waals surface area contributed by atoms with Crippen molar-refractivity contribution in [1.82, 2.24) is 5.32 Å². The van der Waals surface area contributed by atoms with E-state index in [4.69, 9.17) is 9.47 Å². The lowest BCUT2D eigenvalue weighted by Gasteiger charge is -2.17. The number of amides is 2. The van der Waals surface area contributed by atoms with E-state index in [-0.39, 0.29) is 11.8 Å². The number of rotatable bonds is 9. The van der Waals surface area contributed by atoms with Gasteiger partial charge in [-0.1, -0.05) is 30.3 Å². The topological polar surface area (TPSA) is 76.7 Å². The number of aryl methyl sites for hydroxylation is 1. The van der Waals surface area contributed by atoms with Gasteiger partial charge in [-0.2, -0.15) is 0 Å². The summed E-state index contributed by atoms with van der Waals surface area (Å²) in [6.07, 6.45) is 2.25. The van der Waals surface area contributed by atoms with E-state index in [1.807, 2.05) is 72.8 Å². The van der Waals surface area contributed by atoms with Crippen molar-refractivity contribution in [3.05, 3.63) is 83.9 Å². The second-order valence-electron chi connectivity index (χ2n) is 7.65. The maximum Gasteiger partial charge on any atom is 0.224 e. The number of nitrogens with one attached hydrogen (secondary N) is 2. The van der Waals surface area contributed by atoms with Crippen molar-refractivity contribution in [3.8, 4) is 17.2 Å². The van der Waals surface area contributed by atoms with Gasteiger partial charge < -0.3 is 20.1 Å². The maximum atomic E-state index is 12.1. The Balaban J connectivity index is 1.15. The minimum absolute atomic E-state index is 0.00799. The lowest BCUT2D eigenvalue weighted by atomic mass is 10.0. The van der Waals surface area contributed by atoms with Crippen LogP contribution in [0.3, 0.4) is 0 Å². The van der Waals surface area contributed by atoms with Gasteiger partial charge in [-0.25, -0.2) is 0 Å². The van der Waals surface area contributed by atoms with Crippen LogP contribution >= 0.6 is 0 Å². The Morgan fingerprint density at radius 2 is 1.66 bits per heavy atom. The van der Waals surface area contributed by atoms with Crippen LogP contribution in [-0.4, -0.2) is 18.4 Å². The van der Waals surface area contributed by atoms with E-state index < -0.39 is 0 Å². The predicted molar refractivity (Wildman–Crippen MR) is 123 cm³/mol. The standard InChI is InChI=1S/C26H26N2O4/c29-25(7-4-16-31-23-13-14-24-20(17-23)10-15-26(30)28-24)27-18-19-8-11-22(12-9-19)32-21-5-2-1-3-6-21/h1-3,5-6,8-9,11-14,17H,4,7,10,15-16,18H2,(H,27,29)(H,28,30). The molecule has 0 saturated carbocycles. The molecular weight excluding hydrogens is 404 g/mol. The van der Waals surface area contributed by atoms with Gasteiger partial charge >= 0.3 is 0 Å². The normalized spacial score (nSPS) is 12.4. The summed E-state index contributed by atoms with van der Waals surface area (Å²) in [4.78, 5) is 23.6. The number of anilines is 1. The summed E-state index contributed by atoms with van der Waals surface area (Å²) in [7, 11) is 0. The smallest absolute Gasteiger partial charge is 0.224 e. The third kappa shape index (κ3) is 6.11. The van der Waals surface area contributed by atoms with Crippen molar-refractivity contribution < 1.29 is 19.1 Å². The van der Waals surface area contributed by atoms with Crippen molar-refractivity contribution in [3.63, 3.8) is 0 Å². The first-order chi connectivity index (χ1) is 15.7. The van der Waals surface area contributed by atoms with Crippen LogP contribution in [0.4, 0.5) is 5.69 Å². The molecule has 1 heterocycles. The van der Waals surface area contributed by atoms with Gasteiger partial charge in [0.25, 0.3) is 0 Å². The monoisotopic (exact) mass is 430 g/mol. The summed E-state index contributed by atoms with van der Waals surface area (Å²) in [5.41, 5.74) is 2.95. The Labute approximate surface area is 187 Å². The van der Waals surface area contributed by atoms with E-state index in [0.29, 0.717) is 32.4 Å². The Morgan fingerprint density at radius 3 is 2.47 bits per heavy atom. The highest BCUT2D eigenvalue weighted by molar-refractivity contribution is 5.94. The van der Waals surface area contributed by atoms with E-state index >= 15 is 0 Å². The average Bonchev–Trinajstić information content (AvgIpc) is 2.82. The highest BCUT2D eigenvalue weighted by Crippen LogP contribution is 2.27. The first-order valence-corrected chi connectivity index (χ1v) is 10.8. The fourth-order valence-electron chi connectivity index (χ4n) is 3.46. The molecule has 2 amide bonds. The van der Waals surface area contributed by atoms with Crippen LogP contribution in [0.5, 0.6) is 17.2 Å². The van der Waals surface area contributed by atoms with Crippen LogP contribution in [0.15, 0.2) is 72.8 Å². The molecule has 3 aromatic carbocycles. The van der Waals surface area contributed by atoms with Crippen LogP contribution in [0.1, 0.15) is 30.4 Å². The van der Waals surface area contributed by atoms with E-state index in [1.54, 1.807) is 0 Å². The molecule has 4 rings (SSSR count). The molecule has 6 nitrogen and oxygen atoms in total. The van der Waals surface area contributed by atoms with Gasteiger partial charge in [-0.3, -0.25) is 9.59 Å². The van der Waals surface area contributed by atoms with Crippen LogP contribution < -0.4 is 20.1 Å². The molecule has 0 spiro atoms. The number of fused-ring (bicyclic) bond motifs is 1. The zero-order chi connectivity index (χ0) is 22.2. The molecule has 164 valence electrons.